The second-order valence-corrected chi connectivity index (χ2v) is 11.9. The first-order valence-electron chi connectivity index (χ1n) is 15.2. The highest BCUT2D eigenvalue weighted by molar-refractivity contribution is 5.99. The van der Waals surface area contributed by atoms with E-state index in [1.165, 1.54) is 16.7 Å². The van der Waals surface area contributed by atoms with Crippen molar-refractivity contribution < 1.29 is 9.53 Å². The van der Waals surface area contributed by atoms with Crippen LogP contribution in [0.3, 0.4) is 0 Å². The third-order valence-corrected chi connectivity index (χ3v) is 8.68. The van der Waals surface area contributed by atoms with Crippen LogP contribution in [0.2, 0.25) is 0 Å². The molecule has 9 heteroatoms. The van der Waals surface area contributed by atoms with Gasteiger partial charge < -0.3 is 20.7 Å². The number of amides is 1. The Labute approximate surface area is 253 Å². The van der Waals surface area contributed by atoms with E-state index in [-0.39, 0.29) is 23.9 Å². The number of nitrogens with two attached hydrogens (primary N) is 1. The number of nitrogen functional groups attached to an aromatic ring is 1. The Morgan fingerprint density at radius 2 is 1.60 bits per heavy atom. The number of nitrogens with zero attached hydrogens (tertiary/aromatic N) is 5. The van der Waals surface area contributed by atoms with Crippen LogP contribution in [0.4, 0.5) is 5.82 Å². The Hall–Kier alpha value is -4.05. The number of pyridine rings is 1. The molecular weight excluding hydrogens is 538 g/mol. The molecule has 6 rings (SSSR count). The number of hydrogen-bond donors (Lipinski definition) is 2. The van der Waals surface area contributed by atoms with E-state index in [1.807, 2.05) is 13.2 Å². The van der Waals surface area contributed by atoms with Crippen LogP contribution in [-0.2, 0) is 24.9 Å². The van der Waals surface area contributed by atoms with Crippen molar-refractivity contribution in [3.05, 3.63) is 89.9 Å². The van der Waals surface area contributed by atoms with Crippen molar-refractivity contribution in [1.29, 1.82) is 0 Å². The lowest BCUT2D eigenvalue weighted by Gasteiger charge is -2.32. The van der Waals surface area contributed by atoms with E-state index in [2.05, 4.69) is 80.8 Å². The van der Waals surface area contributed by atoms with Crippen molar-refractivity contribution in [2.45, 2.75) is 44.6 Å². The monoisotopic (exact) mass is 579 g/mol. The molecule has 1 saturated heterocycles. The normalized spacial score (nSPS) is 19.5. The van der Waals surface area contributed by atoms with Crippen LogP contribution >= 0.6 is 0 Å². The van der Waals surface area contributed by atoms with Gasteiger partial charge in [-0.3, -0.25) is 14.4 Å². The van der Waals surface area contributed by atoms with E-state index in [0.29, 0.717) is 12.2 Å². The predicted molar refractivity (Wildman–Crippen MR) is 169 cm³/mol. The first-order chi connectivity index (χ1) is 20.9. The lowest BCUT2D eigenvalue weighted by atomic mass is 10.0. The number of likely N-dealkylation sites (N-methyl/N-ethyl adjacent to an activating group) is 1. The summed E-state index contributed by atoms with van der Waals surface area (Å²) in [5, 5.41) is 7.37. The van der Waals surface area contributed by atoms with Crippen molar-refractivity contribution in [3.63, 3.8) is 0 Å². The van der Waals surface area contributed by atoms with Crippen molar-refractivity contribution in [3.8, 4) is 22.3 Å². The number of piperazine rings is 1. The Morgan fingerprint density at radius 1 is 0.907 bits per heavy atom. The van der Waals surface area contributed by atoms with Crippen LogP contribution in [-0.4, -0.2) is 75.8 Å². The standard InChI is InChI=1S/C34H41N7O2/c1-39-14-16-41(17-15-39)21-24-6-10-26(11-7-24)27-12-8-25(9-13-27)23-43-32-5-3-4-31(32)38-34(42)30-18-28(19-36-33(30)35)29-20-37-40(2)22-29/h6-13,18-20,22,31-32H,3-5,14-17,21,23H2,1-2H3,(H2,35,36)(H,38,42)/t31-,32+/m0/s1. The highest BCUT2D eigenvalue weighted by Gasteiger charge is 2.30. The van der Waals surface area contributed by atoms with Gasteiger partial charge in [-0.15, -0.1) is 0 Å². The Bertz CT molecular complexity index is 1530. The first-order valence-corrected chi connectivity index (χ1v) is 15.2. The minimum absolute atomic E-state index is 0.0489. The summed E-state index contributed by atoms with van der Waals surface area (Å²) >= 11 is 0. The molecule has 0 radical (unpaired) electrons. The van der Waals surface area contributed by atoms with Gasteiger partial charge in [-0.1, -0.05) is 48.5 Å². The Balaban J connectivity index is 1.02. The van der Waals surface area contributed by atoms with Gasteiger partial charge in [0.1, 0.15) is 5.82 Å². The molecule has 0 bridgehead atoms. The molecule has 3 heterocycles. The molecule has 2 aromatic carbocycles. The summed E-state index contributed by atoms with van der Waals surface area (Å²) in [6, 6.07) is 19.2. The maximum absolute atomic E-state index is 13.2. The number of nitrogens with one attached hydrogen (secondary N) is 1. The number of aryl methyl sites for hydroxylation is 1. The van der Waals surface area contributed by atoms with Gasteiger partial charge in [-0.05, 0) is 54.6 Å². The van der Waals surface area contributed by atoms with Crippen molar-refractivity contribution in [2.24, 2.45) is 7.05 Å². The van der Waals surface area contributed by atoms with Gasteiger partial charge in [0.05, 0.1) is 30.5 Å². The van der Waals surface area contributed by atoms with Crippen LogP contribution in [0, 0.1) is 0 Å². The summed E-state index contributed by atoms with van der Waals surface area (Å²) in [6.07, 6.45) is 8.03. The molecule has 9 nitrogen and oxygen atoms in total. The molecular formula is C34H41N7O2. The summed E-state index contributed by atoms with van der Waals surface area (Å²) < 4.78 is 8.04. The van der Waals surface area contributed by atoms with Gasteiger partial charge in [0, 0.05) is 63.3 Å². The number of benzene rings is 2. The van der Waals surface area contributed by atoms with Crippen LogP contribution < -0.4 is 11.1 Å². The molecule has 1 aliphatic heterocycles. The number of carbonyl (C=O) groups excluding carboxylic acids is 1. The molecule has 1 amide bonds. The molecule has 0 spiro atoms. The van der Waals surface area contributed by atoms with E-state index >= 15 is 0 Å². The Morgan fingerprint density at radius 3 is 2.28 bits per heavy atom. The van der Waals surface area contributed by atoms with Crippen LogP contribution in [0.15, 0.2) is 73.2 Å². The third-order valence-electron chi connectivity index (χ3n) is 8.68. The third kappa shape index (κ3) is 7.13. The second kappa shape index (κ2) is 13.1. The zero-order valence-electron chi connectivity index (χ0n) is 25.1. The zero-order valence-corrected chi connectivity index (χ0v) is 25.1. The molecule has 2 atom stereocenters. The highest BCUT2D eigenvalue weighted by atomic mass is 16.5. The SMILES string of the molecule is CN1CCN(Cc2ccc(-c3ccc(CO[C@@H]4CCC[C@@H]4NC(=O)c4cc(-c5cnn(C)c5)cnc4N)cc3)cc2)CC1. The average molecular weight is 580 g/mol. The summed E-state index contributed by atoms with van der Waals surface area (Å²) in [7, 11) is 4.04. The summed E-state index contributed by atoms with van der Waals surface area (Å²) in [5.41, 5.74) is 13.0. The average Bonchev–Trinajstić information content (AvgIpc) is 3.66. The van der Waals surface area contributed by atoms with Crippen LogP contribution in [0.25, 0.3) is 22.3 Å². The van der Waals surface area contributed by atoms with Gasteiger partial charge in [0.2, 0.25) is 0 Å². The van der Waals surface area contributed by atoms with Gasteiger partial charge in [-0.2, -0.15) is 5.10 Å². The number of carbonyl (C=O) groups is 1. The maximum atomic E-state index is 13.2. The highest BCUT2D eigenvalue weighted by Crippen LogP contribution is 2.27. The predicted octanol–water partition coefficient (Wildman–Crippen LogP) is 4.35. The second-order valence-electron chi connectivity index (χ2n) is 11.9. The fourth-order valence-electron chi connectivity index (χ4n) is 5.99. The van der Waals surface area contributed by atoms with E-state index in [9.17, 15) is 4.79 Å². The molecule has 0 unspecified atom stereocenters. The zero-order chi connectivity index (χ0) is 29.8. The summed E-state index contributed by atoms with van der Waals surface area (Å²) in [5.74, 6) is -0.0134. The van der Waals surface area contributed by atoms with Crippen molar-refractivity contribution in [2.75, 3.05) is 39.0 Å². The van der Waals surface area contributed by atoms with Crippen LogP contribution in [0.5, 0.6) is 0 Å². The minimum Gasteiger partial charge on any atom is -0.383 e. The maximum Gasteiger partial charge on any atom is 0.255 e. The molecule has 2 aliphatic rings. The Kier molecular flexibility index (Phi) is 8.83. The quantitative estimate of drug-likeness (QED) is 0.304. The van der Waals surface area contributed by atoms with E-state index in [0.717, 1.165) is 68.7 Å². The summed E-state index contributed by atoms with van der Waals surface area (Å²) in [6.45, 7) is 6.04. The van der Waals surface area contributed by atoms with Gasteiger partial charge in [-0.25, -0.2) is 4.98 Å². The molecule has 43 heavy (non-hydrogen) atoms. The smallest absolute Gasteiger partial charge is 0.255 e. The number of hydrogen-bond acceptors (Lipinski definition) is 7. The van der Waals surface area contributed by atoms with Gasteiger partial charge >= 0.3 is 0 Å². The fraction of sp³-hybridized carbons (Fsp3) is 0.382. The molecule has 2 aromatic heterocycles. The van der Waals surface area contributed by atoms with Crippen molar-refractivity contribution in [1.82, 2.24) is 29.9 Å². The fourth-order valence-corrected chi connectivity index (χ4v) is 5.99. The minimum atomic E-state index is -0.227. The number of ether oxygens (including phenoxy) is 1. The van der Waals surface area contributed by atoms with Gasteiger partial charge in [0.25, 0.3) is 5.91 Å². The van der Waals surface area contributed by atoms with E-state index in [1.54, 1.807) is 23.1 Å². The van der Waals surface area contributed by atoms with Crippen molar-refractivity contribution >= 4 is 11.7 Å². The molecule has 1 saturated carbocycles. The molecule has 1 aliphatic carbocycles. The van der Waals surface area contributed by atoms with E-state index in [4.69, 9.17) is 10.5 Å². The molecule has 2 fully saturated rings. The summed E-state index contributed by atoms with van der Waals surface area (Å²) in [4.78, 5) is 22.4. The molecule has 224 valence electrons. The lowest BCUT2D eigenvalue weighted by molar-refractivity contribution is 0.0272. The lowest BCUT2D eigenvalue weighted by Crippen LogP contribution is -2.43. The molecule has 4 aromatic rings. The number of rotatable bonds is 9. The van der Waals surface area contributed by atoms with E-state index < -0.39 is 0 Å². The molecule has 3 N–H and O–H groups in total. The van der Waals surface area contributed by atoms with Gasteiger partial charge in [0.15, 0.2) is 0 Å². The van der Waals surface area contributed by atoms with Crippen LogP contribution in [0.1, 0.15) is 40.7 Å². The largest absolute Gasteiger partial charge is 0.383 e. The number of anilines is 1. The number of aromatic nitrogens is 3. The topological polar surface area (TPSA) is 102 Å². The first kappa shape index (κ1) is 29.0.